The lowest BCUT2D eigenvalue weighted by Gasteiger charge is -2.35. The lowest BCUT2D eigenvalue weighted by atomic mass is 9.78. The number of aliphatic hydroxyl groups is 1. The van der Waals surface area contributed by atoms with Crippen molar-refractivity contribution in [3.05, 3.63) is 48.0 Å². The van der Waals surface area contributed by atoms with Gasteiger partial charge in [-0.3, -0.25) is 4.98 Å². The number of ether oxygens (including phenoxy) is 1. The highest BCUT2D eigenvalue weighted by Crippen LogP contribution is 2.39. The molecule has 2 fully saturated rings. The highest BCUT2D eigenvalue weighted by molar-refractivity contribution is 5.52. The third-order valence-corrected chi connectivity index (χ3v) is 6.56. The van der Waals surface area contributed by atoms with E-state index in [0.29, 0.717) is 11.8 Å². The van der Waals surface area contributed by atoms with Gasteiger partial charge in [-0.05, 0) is 62.8 Å². The van der Waals surface area contributed by atoms with Crippen LogP contribution >= 0.6 is 0 Å². The Balaban J connectivity index is 1.26. The summed E-state index contributed by atoms with van der Waals surface area (Å²) in [6.45, 7) is 5.70. The molecule has 0 bridgehead atoms. The van der Waals surface area contributed by atoms with Crippen molar-refractivity contribution in [2.75, 3.05) is 18.0 Å². The Morgan fingerprint density at radius 1 is 1.03 bits per heavy atom. The van der Waals surface area contributed by atoms with Gasteiger partial charge in [-0.15, -0.1) is 10.2 Å². The maximum absolute atomic E-state index is 10.7. The average Bonchev–Trinajstić information content (AvgIpc) is 3.36. The molecule has 162 valence electrons. The molecule has 3 aromatic heterocycles. The molecule has 0 amide bonds. The normalized spacial score (nSPS) is 25.5. The van der Waals surface area contributed by atoms with Crippen LogP contribution in [0.2, 0.25) is 0 Å². The summed E-state index contributed by atoms with van der Waals surface area (Å²) in [5, 5.41) is 19.6. The molecule has 5 rings (SSSR count). The largest absolute Gasteiger partial charge is 0.486 e. The van der Waals surface area contributed by atoms with Gasteiger partial charge in [0, 0.05) is 38.2 Å². The van der Waals surface area contributed by atoms with E-state index in [0.717, 1.165) is 60.4 Å². The van der Waals surface area contributed by atoms with Crippen molar-refractivity contribution in [3.63, 3.8) is 0 Å². The number of hydrogen-bond acceptors (Lipinski definition) is 7. The van der Waals surface area contributed by atoms with E-state index in [4.69, 9.17) is 4.74 Å². The van der Waals surface area contributed by atoms with Crippen LogP contribution in [0.25, 0.3) is 11.5 Å². The quantitative estimate of drug-likeness (QED) is 0.694. The summed E-state index contributed by atoms with van der Waals surface area (Å²) in [5.74, 6) is 3.33. The third kappa shape index (κ3) is 3.87. The maximum Gasteiger partial charge on any atom is 0.160 e. The standard InChI is InChI=1S/C23H28N6O2/c1-14-4-6-20(15(2)25-14)31-21-11-17-13-29(12-16(17)10-19(21)30)22-7-5-18(26-27-22)23-24-8-9-28(23)3/h4-9,16-17,19,21,30H,10-13H2,1-3H3/t16-,17+,19+,21+/m0/s1. The Kier molecular flexibility index (Phi) is 5.09. The van der Waals surface area contributed by atoms with Crippen LogP contribution in [-0.2, 0) is 7.05 Å². The molecule has 1 N–H and O–H groups in total. The van der Waals surface area contributed by atoms with Gasteiger partial charge in [-0.1, -0.05) is 0 Å². The predicted molar refractivity (Wildman–Crippen MR) is 117 cm³/mol. The second-order valence-corrected chi connectivity index (χ2v) is 8.79. The zero-order valence-electron chi connectivity index (χ0n) is 18.1. The lowest BCUT2D eigenvalue weighted by Crippen LogP contribution is -2.42. The van der Waals surface area contributed by atoms with Gasteiger partial charge >= 0.3 is 0 Å². The minimum Gasteiger partial charge on any atom is -0.486 e. The number of anilines is 1. The molecule has 3 aromatic rings. The SMILES string of the molecule is Cc1ccc(O[C@@H]2C[C@@H]3CN(c4ccc(-c5nccn5C)nn4)C[C@@H]3C[C@H]2O)c(C)n1. The van der Waals surface area contributed by atoms with Crippen molar-refractivity contribution in [1.82, 2.24) is 24.7 Å². The second-order valence-electron chi connectivity index (χ2n) is 8.79. The molecule has 4 heterocycles. The number of aliphatic hydroxyl groups excluding tert-OH is 1. The number of aryl methyl sites for hydroxylation is 3. The molecule has 8 heteroatoms. The molecule has 31 heavy (non-hydrogen) atoms. The topological polar surface area (TPSA) is 89.2 Å². The summed E-state index contributed by atoms with van der Waals surface area (Å²) >= 11 is 0. The highest BCUT2D eigenvalue weighted by Gasteiger charge is 2.43. The third-order valence-electron chi connectivity index (χ3n) is 6.56. The van der Waals surface area contributed by atoms with Gasteiger partial charge in [-0.25, -0.2) is 4.98 Å². The Bertz CT molecular complexity index is 1070. The maximum atomic E-state index is 10.7. The highest BCUT2D eigenvalue weighted by atomic mass is 16.5. The van der Waals surface area contributed by atoms with Crippen LogP contribution in [-0.4, -0.2) is 55.1 Å². The van der Waals surface area contributed by atoms with Crippen LogP contribution in [0.3, 0.4) is 0 Å². The molecule has 1 saturated heterocycles. The molecular formula is C23H28N6O2. The van der Waals surface area contributed by atoms with Crippen LogP contribution in [0, 0.1) is 25.7 Å². The van der Waals surface area contributed by atoms with E-state index in [1.165, 1.54) is 0 Å². The summed E-state index contributed by atoms with van der Waals surface area (Å²) in [7, 11) is 1.95. The molecule has 0 unspecified atom stereocenters. The Labute approximate surface area is 181 Å². The van der Waals surface area contributed by atoms with Gasteiger partial charge in [0.1, 0.15) is 17.5 Å². The monoisotopic (exact) mass is 420 g/mol. The minimum absolute atomic E-state index is 0.207. The number of aromatic nitrogens is 5. The molecule has 1 aliphatic heterocycles. The van der Waals surface area contributed by atoms with Crippen LogP contribution in [0.15, 0.2) is 36.7 Å². The molecule has 0 spiro atoms. The van der Waals surface area contributed by atoms with Crippen LogP contribution in [0.5, 0.6) is 5.75 Å². The van der Waals surface area contributed by atoms with Gasteiger partial charge in [0.15, 0.2) is 11.6 Å². The van der Waals surface area contributed by atoms with Crippen molar-refractivity contribution < 1.29 is 9.84 Å². The number of fused-ring (bicyclic) bond motifs is 1. The van der Waals surface area contributed by atoms with Gasteiger partial charge in [0.2, 0.25) is 0 Å². The average molecular weight is 421 g/mol. The molecule has 8 nitrogen and oxygen atoms in total. The van der Waals surface area contributed by atoms with Crippen LogP contribution in [0.4, 0.5) is 5.82 Å². The van der Waals surface area contributed by atoms with E-state index in [2.05, 4.69) is 25.1 Å². The van der Waals surface area contributed by atoms with Gasteiger partial charge in [0.25, 0.3) is 0 Å². The van der Waals surface area contributed by atoms with Crippen molar-refractivity contribution >= 4 is 5.82 Å². The molecule has 4 atom stereocenters. The van der Waals surface area contributed by atoms with Crippen LogP contribution < -0.4 is 9.64 Å². The van der Waals surface area contributed by atoms with Gasteiger partial charge in [0.05, 0.1) is 11.8 Å². The molecular weight excluding hydrogens is 392 g/mol. The molecule has 0 radical (unpaired) electrons. The lowest BCUT2D eigenvalue weighted by molar-refractivity contribution is -0.0236. The van der Waals surface area contributed by atoms with E-state index in [-0.39, 0.29) is 6.10 Å². The molecule has 0 aromatic carbocycles. The summed E-state index contributed by atoms with van der Waals surface area (Å²) in [5.41, 5.74) is 2.60. The predicted octanol–water partition coefficient (Wildman–Crippen LogP) is 2.54. The summed E-state index contributed by atoms with van der Waals surface area (Å²) in [4.78, 5) is 11.1. The van der Waals surface area contributed by atoms with Crippen molar-refractivity contribution in [2.45, 2.75) is 38.9 Å². The van der Waals surface area contributed by atoms with E-state index in [1.807, 2.05) is 55.9 Å². The Hall–Kier alpha value is -3.00. The Morgan fingerprint density at radius 3 is 2.52 bits per heavy atom. The summed E-state index contributed by atoms with van der Waals surface area (Å²) < 4.78 is 8.13. The molecule has 1 aliphatic carbocycles. The zero-order valence-corrected chi connectivity index (χ0v) is 18.1. The summed E-state index contributed by atoms with van der Waals surface area (Å²) in [6.07, 6.45) is 4.54. The fraction of sp³-hybridized carbons (Fsp3) is 0.478. The fourth-order valence-corrected chi connectivity index (χ4v) is 4.89. The second kappa shape index (κ2) is 7.92. The van der Waals surface area contributed by atoms with Crippen molar-refractivity contribution in [1.29, 1.82) is 0 Å². The first-order chi connectivity index (χ1) is 15.0. The summed E-state index contributed by atoms with van der Waals surface area (Å²) in [6, 6.07) is 7.89. The van der Waals surface area contributed by atoms with Gasteiger partial charge in [-0.2, -0.15) is 0 Å². The smallest absolute Gasteiger partial charge is 0.160 e. The number of rotatable bonds is 4. The first kappa shape index (κ1) is 19.9. The van der Waals surface area contributed by atoms with Crippen LogP contribution in [0.1, 0.15) is 24.2 Å². The fourth-order valence-electron chi connectivity index (χ4n) is 4.89. The van der Waals surface area contributed by atoms with E-state index in [1.54, 1.807) is 6.20 Å². The first-order valence-corrected chi connectivity index (χ1v) is 10.8. The van der Waals surface area contributed by atoms with E-state index >= 15 is 0 Å². The number of nitrogens with zero attached hydrogens (tertiary/aromatic N) is 6. The van der Waals surface area contributed by atoms with Crippen molar-refractivity contribution in [2.24, 2.45) is 18.9 Å². The van der Waals surface area contributed by atoms with E-state index in [9.17, 15) is 5.11 Å². The minimum atomic E-state index is -0.473. The first-order valence-electron chi connectivity index (χ1n) is 10.8. The number of pyridine rings is 1. The molecule has 2 aliphatic rings. The van der Waals surface area contributed by atoms with Gasteiger partial charge < -0.3 is 19.3 Å². The van der Waals surface area contributed by atoms with Crippen molar-refractivity contribution in [3.8, 4) is 17.3 Å². The zero-order chi connectivity index (χ0) is 21.5. The Morgan fingerprint density at radius 2 is 1.84 bits per heavy atom. The number of hydrogen-bond donors (Lipinski definition) is 1. The van der Waals surface area contributed by atoms with E-state index < -0.39 is 6.10 Å². The molecule has 1 saturated carbocycles. The number of imidazole rings is 1.